The van der Waals surface area contributed by atoms with Crippen molar-refractivity contribution < 1.29 is 37.6 Å². The number of fused-ring (bicyclic) bond motifs is 1. The maximum absolute atomic E-state index is 14.7. The van der Waals surface area contributed by atoms with Crippen molar-refractivity contribution in [1.82, 2.24) is 34.7 Å². The number of pyridine rings is 1. The van der Waals surface area contributed by atoms with Crippen molar-refractivity contribution in [2.24, 2.45) is 0 Å². The van der Waals surface area contributed by atoms with E-state index in [4.69, 9.17) is 16.3 Å². The van der Waals surface area contributed by atoms with Gasteiger partial charge >= 0.3 is 6.18 Å². The van der Waals surface area contributed by atoms with Gasteiger partial charge in [0, 0.05) is 22.2 Å². The van der Waals surface area contributed by atoms with Crippen LogP contribution in [0.15, 0.2) is 54.9 Å². The van der Waals surface area contributed by atoms with Crippen LogP contribution in [0.25, 0.3) is 27.8 Å². The molecular weight excluding hydrogens is 598 g/mol. The fourth-order valence-corrected chi connectivity index (χ4v) is 5.36. The molecule has 0 aliphatic carbocycles. The van der Waals surface area contributed by atoms with Gasteiger partial charge in [-0.2, -0.15) is 18.3 Å². The third-order valence-corrected chi connectivity index (χ3v) is 7.38. The molecule has 0 bridgehead atoms. The number of alkyl halides is 3. The molecule has 0 unspecified atom stereocenters. The van der Waals surface area contributed by atoms with Crippen molar-refractivity contribution in [2.45, 2.75) is 43.6 Å². The van der Waals surface area contributed by atoms with Crippen molar-refractivity contribution in [1.29, 1.82) is 0 Å². The predicted molar refractivity (Wildman–Crippen MR) is 143 cm³/mol. The smallest absolute Gasteiger partial charge is 0.394 e. The van der Waals surface area contributed by atoms with E-state index in [1.54, 1.807) is 18.2 Å². The SMILES string of the molecule is Cc1nc([C@@H]2O[C@H](CO)[C@H](O)[C@H](n3cc(-c4cc(F)c5ncccc5c4)nn3)[C@H]2O)n(-c2cc(Cl)ccc2C(F)(F)F)n1. The van der Waals surface area contributed by atoms with Crippen LogP contribution in [0.1, 0.15) is 29.4 Å². The summed E-state index contributed by atoms with van der Waals surface area (Å²) < 4.78 is 64.3. The molecule has 3 N–H and O–H groups in total. The summed E-state index contributed by atoms with van der Waals surface area (Å²) in [7, 11) is 0. The molecule has 1 aliphatic rings. The molecule has 5 aromatic rings. The van der Waals surface area contributed by atoms with Crippen molar-refractivity contribution >= 4 is 22.5 Å². The lowest BCUT2D eigenvalue weighted by atomic mass is 9.92. The van der Waals surface area contributed by atoms with Gasteiger partial charge in [-0.3, -0.25) is 4.98 Å². The molecule has 0 radical (unpaired) electrons. The van der Waals surface area contributed by atoms with Crippen LogP contribution in [-0.2, 0) is 10.9 Å². The minimum Gasteiger partial charge on any atom is -0.394 e. The Morgan fingerprint density at radius 2 is 1.88 bits per heavy atom. The number of halogens is 5. The summed E-state index contributed by atoms with van der Waals surface area (Å²) in [6, 6.07) is 7.78. The molecule has 43 heavy (non-hydrogen) atoms. The van der Waals surface area contributed by atoms with Gasteiger partial charge in [-0.05, 0) is 43.3 Å². The molecular formula is C27H22ClF4N7O4. The van der Waals surface area contributed by atoms with E-state index >= 15 is 0 Å². The third kappa shape index (κ3) is 5.23. The number of aryl methyl sites for hydroxylation is 1. The van der Waals surface area contributed by atoms with Crippen molar-refractivity contribution in [3.63, 3.8) is 0 Å². The number of nitrogens with zero attached hydrogens (tertiary/aromatic N) is 7. The topological polar surface area (TPSA) is 144 Å². The molecule has 2 aromatic carbocycles. The Morgan fingerprint density at radius 3 is 2.63 bits per heavy atom. The summed E-state index contributed by atoms with van der Waals surface area (Å²) in [6.07, 6.45) is -8.00. The summed E-state index contributed by atoms with van der Waals surface area (Å²) in [4.78, 5) is 8.25. The lowest BCUT2D eigenvalue weighted by Gasteiger charge is -2.41. The molecule has 1 saturated heterocycles. The largest absolute Gasteiger partial charge is 0.418 e. The lowest BCUT2D eigenvalue weighted by molar-refractivity contribution is -0.210. The molecule has 1 aliphatic heterocycles. The van der Waals surface area contributed by atoms with Gasteiger partial charge in [0.1, 0.15) is 53.3 Å². The maximum Gasteiger partial charge on any atom is 0.418 e. The average molecular weight is 620 g/mol. The zero-order valence-electron chi connectivity index (χ0n) is 22.1. The Hall–Kier alpha value is -4.02. The van der Waals surface area contributed by atoms with Crippen LogP contribution >= 0.6 is 11.6 Å². The second-order valence-electron chi connectivity index (χ2n) is 9.95. The number of aromatic nitrogens is 7. The fourth-order valence-electron chi connectivity index (χ4n) is 5.19. The Labute approximate surface area is 245 Å². The first-order valence-corrected chi connectivity index (χ1v) is 13.2. The van der Waals surface area contributed by atoms with Crippen LogP contribution in [0.3, 0.4) is 0 Å². The van der Waals surface area contributed by atoms with E-state index in [9.17, 15) is 32.9 Å². The molecule has 224 valence electrons. The number of hydrogen-bond acceptors (Lipinski definition) is 9. The van der Waals surface area contributed by atoms with Crippen LogP contribution < -0.4 is 0 Å². The normalized spacial score (nSPS) is 22.8. The number of ether oxygens (including phenoxy) is 1. The van der Waals surface area contributed by atoms with Gasteiger partial charge in [0.2, 0.25) is 0 Å². The Morgan fingerprint density at radius 1 is 1.09 bits per heavy atom. The quantitative estimate of drug-likeness (QED) is 0.251. The molecule has 0 spiro atoms. The fraction of sp³-hybridized carbons (Fsp3) is 0.296. The zero-order valence-corrected chi connectivity index (χ0v) is 22.8. The van der Waals surface area contributed by atoms with Crippen LogP contribution in [0.5, 0.6) is 0 Å². The Bertz CT molecular complexity index is 1810. The highest BCUT2D eigenvalue weighted by molar-refractivity contribution is 6.30. The van der Waals surface area contributed by atoms with Crippen molar-refractivity contribution in [3.05, 3.63) is 82.9 Å². The second-order valence-corrected chi connectivity index (χ2v) is 10.4. The summed E-state index contributed by atoms with van der Waals surface area (Å²) in [5.74, 6) is -0.779. The predicted octanol–water partition coefficient (Wildman–Crippen LogP) is 3.59. The minimum absolute atomic E-state index is 0.00944. The molecule has 16 heteroatoms. The van der Waals surface area contributed by atoms with E-state index in [1.165, 1.54) is 25.4 Å². The van der Waals surface area contributed by atoms with Crippen molar-refractivity contribution in [3.8, 4) is 16.9 Å². The Balaban J connectivity index is 1.41. The van der Waals surface area contributed by atoms with Gasteiger partial charge < -0.3 is 20.1 Å². The highest BCUT2D eigenvalue weighted by Gasteiger charge is 2.49. The maximum atomic E-state index is 14.7. The minimum atomic E-state index is -4.79. The summed E-state index contributed by atoms with van der Waals surface area (Å²) in [5.41, 5.74) is -0.838. The van der Waals surface area contributed by atoms with Crippen LogP contribution in [0, 0.1) is 12.7 Å². The van der Waals surface area contributed by atoms with Crippen LogP contribution in [0.4, 0.5) is 17.6 Å². The first-order valence-electron chi connectivity index (χ1n) is 12.9. The number of aliphatic hydroxyl groups excluding tert-OH is 3. The summed E-state index contributed by atoms with van der Waals surface area (Å²) in [5, 5.41) is 45.3. The number of rotatable bonds is 5. The molecule has 3 aromatic heterocycles. The van der Waals surface area contributed by atoms with Crippen LogP contribution in [-0.4, -0.2) is 75.0 Å². The van der Waals surface area contributed by atoms with Gasteiger partial charge in [0.25, 0.3) is 0 Å². The number of benzene rings is 2. The van der Waals surface area contributed by atoms with Gasteiger partial charge in [0.05, 0.1) is 24.1 Å². The first kappa shape index (κ1) is 29.1. The molecule has 5 atom stereocenters. The monoisotopic (exact) mass is 619 g/mol. The number of aliphatic hydroxyl groups is 3. The highest BCUT2D eigenvalue weighted by Crippen LogP contribution is 2.41. The van der Waals surface area contributed by atoms with Crippen molar-refractivity contribution in [2.75, 3.05) is 6.61 Å². The van der Waals surface area contributed by atoms with E-state index < -0.39 is 60.3 Å². The zero-order chi connectivity index (χ0) is 30.6. The molecule has 6 rings (SSSR count). The van der Waals surface area contributed by atoms with Gasteiger partial charge in [-0.15, -0.1) is 5.10 Å². The highest BCUT2D eigenvalue weighted by atomic mass is 35.5. The molecule has 11 nitrogen and oxygen atoms in total. The van der Waals surface area contributed by atoms with E-state index in [1.807, 2.05) is 0 Å². The van der Waals surface area contributed by atoms with Gasteiger partial charge in [0.15, 0.2) is 5.82 Å². The second kappa shape index (κ2) is 10.9. The van der Waals surface area contributed by atoms with E-state index in [2.05, 4.69) is 25.4 Å². The molecule has 1 fully saturated rings. The van der Waals surface area contributed by atoms with E-state index in [0.717, 1.165) is 27.6 Å². The summed E-state index contributed by atoms with van der Waals surface area (Å²) >= 11 is 6.03. The van der Waals surface area contributed by atoms with E-state index in [-0.39, 0.29) is 27.9 Å². The summed E-state index contributed by atoms with van der Waals surface area (Å²) in [6.45, 7) is 0.716. The van der Waals surface area contributed by atoms with E-state index in [0.29, 0.717) is 10.9 Å². The molecule has 0 saturated carbocycles. The standard InChI is InChI=1S/C27H22ClF4N7O4/c1-12-34-26(39(36-12)19-9-15(28)4-5-16(19)27(30,31)32)25-24(42)22(23(41)20(11-40)43-25)38-10-18(35-37-38)14-7-13-3-2-6-33-21(13)17(29)8-14/h2-10,20,22-25,40-42H,11H2,1H3/t20-,22+,23+,24-,25-/m1/s1. The molecule has 4 heterocycles. The van der Waals surface area contributed by atoms with Gasteiger partial charge in [-0.1, -0.05) is 22.9 Å². The molecule has 0 amide bonds. The van der Waals surface area contributed by atoms with Gasteiger partial charge in [-0.25, -0.2) is 18.7 Å². The third-order valence-electron chi connectivity index (χ3n) is 7.15. The first-order chi connectivity index (χ1) is 20.5. The Kier molecular flexibility index (Phi) is 7.38. The average Bonchev–Trinajstić information content (AvgIpc) is 3.60. The lowest BCUT2D eigenvalue weighted by Crippen LogP contribution is -2.53. The van der Waals surface area contributed by atoms with Crippen LogP contribution in [0.2, 0.25) is 5.02 Å². The number of hydrogen-bond donors (Lipinski definition) is 3.